The predicted molar refractivity (Wildman–Crippen MR) is 68.3 cm³/mol. The normalized spacial score (nSPS) is 13.3. The highest BCUT2D eigenvalue weighted by molar-refractivity contribution is 5.85. The first-order valence-corrected chi connectivity index (χ1v) is 5.74. The van der Waals surface area contributed by atoms with Gasteiger partial charge in [0.2, 0.25) is 0 Å². The molecule has 2 N–H and O–H groups in total. The summed E-state index contributed by atoms with van der Waals surface area (Å²) in [6, 6.07) is 8.92. The highest BCUT2D eigenvalue weighted by atomic mass is 16.5. The largest absolute Gasteiger partial charge is 0.481 e. The fourth-order valence-electron chi connectivity index (χ4n) is 1.57. The van der Waals surface area contributed by atoms with Gasteiger partial charge in [0.1, 0.15) is 6.61 Å². The molecular weight excluding hydrogens is 248 g/mol. The highest BCUT2D eigenvalue weighted by Gasteiger charge is 2.38. The zero-order valence-electron chi connectivity index (χ0n) is 10.4. The molecule has 0 spiro atoms. The van der Waals surface area contributed by atoms with E-state index in [1.807, 2.05) is 6.07 Å². The number of hydrogen-bond acceptors (Lipinski definition) is 4. The van der Waals surface area contributed by atoms with Crippen LogP contribution in [0.15, 0.2) is 43.0 Å². The van der Waals surface area contributed by atoms with Gasteiger partial charge in [-0.3, -0.25) is 4.79 Å². The lowest BCUT2D eigenvalue weighted by Crippen LogP contribution is -2.41. The molecule has 0 saturated carbocycles. The second kappa shape index (κ2) is 6.70. The summed E-state index contributed by atoms with van der Waals surface area (Å²) in [7, 11) is 0. The first kappa shape index (κ1) is 14.9. The molecule has 102 valence electrons. The van der Waals surface area contributed by atoms with E-state index in [9.17, 15) is 14.7 Å². The first-order valence-electron chi connectivity index (χ1n) is 5.74. The third-order valence-corrected chi connectivity index (χ3v) is 2.52. The molecule has 0 saturated heterocycles. The molecule has 0 amide bonds. The Balaban J connectivity index is 2.67. The average Bonchev–Trinajstić information content (AvgIpc) is 2.36. The molecule has 1 aromatic carbocycles. The minimum Gasteiger partial charge on any atom is -0.481 e. The zero-order valence-corrected chi connectivity index (χ0v) is 10.4. The van der Waals surface area contributed by atoms with Crippen LogP contribution in [0.5, 0.6) is 0 Å². The quantitative estimate of drug-likeness (QED) is 0.576. The van der Waals surface area contributed by atoms with Gasteiger partial charge in [-0.25, -0.2) is 4.79 Å². The van der Waals surface area contributed by atoms with Crippen LogP contribution in [0.25, 0.3) is 0 Å². The smallest absolute Gasteiger partial charge is 0.339 e. The molecular formula is C14H16O5. The number of carboxylic acids is 1. The lowest BCUT2D eigenvalue weighted by molar-refractivity contribution is -0.171. The Kier molecular flexibility index (Phi) is 5.26. The molecule has 0 aliphatic carbocycles. The van der Waals surface area contributed by atoms with Crippen molar-refractivity contribution in [3.05, 3.63) is 48.6 Å². The lowest BCUT2D eigenvalue weighted by atomic mass is 9.96. The Labute approximate surface area is 111 Å². The van der Waals surface area contributed by atoms with Crippen LogP contribution in [-0.2, 0) is 20.9 Å². The summed E-state index contributed by atoms with van der Waals surface area (Å²) in [5, 5.41) is 18.7. The van der Waals surface area contributed by atoms with Gasteiger partial charge in [-0.15, -0.1) is 6.58 Å². The SMILES string of the molecule is C=CC[C@@](O)(CC(=O)O)C(=O)OCc1ccccc1. The molecule has 0 fully saturated rings. The molecule has 0 aliphatic heterocycles. The number of esters is 1. The second-order valence-electron chi connectivity index (χ2n) is 4.16. The van der Waals surface area contributed by atoms with Crippen LogP contribution in [0.1, 0.15) is 18.4 Å². The van der Waals surface area contributed by atoms with Crippen molar-refractivity contribution >= 4 is 11.9 Å². The Morgan fingerprint density at radius 3 is 2.47 bits per heavy atom. The number of ether oxygens (including phenoxy) is 1. The monoisotopic (exact) mass is 264 g/mol. The maximum absolute atomic E-state index is 11.8. The number of aliphatic carboxylic acids is 1. The van der Waals surface area contributed by atoms with Gasteiger partial charge in [-0.2, -0.15) is 0 Å². The van der Waals surface area contributed by atoms with Crippen molar-refractivity contribution in [3.8, 4) is 0 Å². The van der Waals surface area contributed by atoms with Gasteiger partial charge in [0.15, 0.2) is 5.60 Å². The summed E-state index contributed by atoms with van der Waals surface area (Å²) in [5.74, 6) is -2.24. The summed E-state index contributed by atoms with van der Waals surface area (Å²) in [4.78, 5) is 22.4. The molecule has 5 nitrogen and oxygen atoms in total. The van der Waals surface area contributed by atoms with Gasteiger partial charge in [0, 0.05) is 6.42 Å². The highest BCUT2D eigenvalue weighted by Crippen LogP contribution is 2.19. The Morgan fingerprint density at radius 1 is 1.32 bits per heavy atom. The van der Waals surface area contributed by atoms with E-state index in [0.29, 0.717) is 0 Å². The number of carbonyl (C=O) groups is 2. The molecule has 0 unspecified atom stereocenters. The summed E-state index contributed by atoms with van der Waals surface area (Å²) in [6.45, 7) is 3.38. The van der Waals surface area contributed by atoms with E-state index in [-0.39, 0.29) is 13.0 Å². The van der Waals surface area contributed by atoms with Gasteiger partial charge in [-0.1, -0.05) is 36.4 Å². The summed E-state index contributed by atoms with van der Waals surface area (Å²) in [6.07, 6.45) is 0.395. The van der Waals surface area contributed by atoms with Crippen LogP contribution in [0.4, 0.5) is 0 Å². The van der Waals surface area contributed by atoms with Crippen molar-refractivity contribution in [2.75, 3.05) is 0 Å². The third-order valence-electron chi connectivity index (χ3n) is 2.52. The molecule has 19 heavy (non-hydrogen) atoms. The summed E-state index contributed by atoms with van der Waals surface area (Å²) >= 11 is 0. The van der Waals surface area contributed by atoms with Crippen molar-refractivity contribution in [2.45, 2.75) is 25.0 Å². The van der Waals surface area contributed by atoms with Crippen molar-refractivity contribution in [1.29, 1.82) is 0 Å². The number of carbonyl (C=O) groups excluding carboxylic acids is 1. The molecule has 0 aromatic heterocycles. The van der Waals surface area contributed by atoms with Gasteiger partial charge in [0.05, 0.1) is 6.42 Å². The van der Waals surface area contributed by atoms with Crippen molar-refractivity contribution < 1.29 is 24.5 Å². The molecule has 1 rings (SSSR count). The van der Waals surface area contributed by atoms with E-state index in [0.717, 1.165) is 5.56 Å². The maximum atomic E-state index is 11.8. The minimum atomic E-state index is -2.07. The fourth-order valence-corrected chi connectivity index (χ4v) is 1.57. The number of benzene rings is 1. The van der Waals surface area contributed by atoms with Crippen LogP contribution in [0.3, 0.4) is 0 Å². The van der Waals surface area contributed by atoms with Crippen molar-refractivity contribution in [2.24, 2.45) is 0 Å². The van der Waals surface area contributed by atoms with Crippen LogP contribution in [-0.4, -0.2) is 27.8 Å². The number of hydrogen-bond donors (Lipinski definition) is 2. The molecule has 0 aliphatic rings. The van der Waals surface area contributed by atoms with E-state index in [1.165, 1.54) is 6.08 Å². The van der Waals surface area contributed by atoms with E-state index in [1.54, 1.807) is 24.3 Å². The van der Waals surface area contributed by atoms with E-state index in [4.69, 9.17) is 9.84 Å². The summed E-state index contributed by atoms with van der Waals surface area (Å²) in [5.41, 5.74) is -1.31. The first-order chi connectivity index (χ1) is 8.98. The second-order valence-corrected chi connectivity index (χ2v) is 4.16. The van der Waals surface area contributed by atoms with Crippen LogP contribution in [0.2, 0.25) is 0 Å². The standard InChI is InChI=1S/C14H16O5/c1-2-8-14(18,9-12(15)16)13(17)19-10-11-6-4-3-5-7-11/h2-7,18H,1,8-10H2,(H,15,16)/t14-/m1/s1. The molecule has 0 bridgehead atoms. The molecule has 5 heteroatoms. The molecule has 1 aromatic rings. The van der Waals surface area contributed by atoms with E-state index in [2.05, 4.69) is 6.58 Å². The molecule has 0 heterocycles. The number of rotatable bonds is 7. The van der Waals surface area contributed by atoms with Crippen LogP contribution >= 0.6 is 0 Å². The molecule has 0 radical (unpaired) electrons. The van der Waals surface area contributed by atoms with E-state index >= 15 is 0 Å². The number of carboxylic acid groups (broad SMARTS) is 1. The van der Waals surface area contributed by atoms with Gasteiger partial charge in [0.25, 0.3) is 0 Å². The van der Waals surface area contributed by atoms with Crippen molar-refractivity contribution in [3.63, 3.8) is 0 Å². The van der Waals surface area contributed by atoms with Crippen molar-refractivity contribution in [1.82, 2.24) is 0 Å². The van der Waals surface area contributed by atoms with Crippen LogP contribution < -0.4 is 0 Å². The van der Waals surface area contributed by atoms with Gasteiger partial charge >= 0.3 is 11.9 Å². The van der Waals surface area contributed by atoms with Gasteiger partial charge < -0.3 is 14.9 Å². The van der Waals surface area contributed by atoms with E-state index < -0.39 is 24.0 Å². The molecule has 1 atom stereocenters. The van der Waals surface area contributed by atoms with Gasteiger partial charge in [-0.05, 0) is 5.56 Å². The minimum absolute atomic E-state index is 0.0151. The Hall–Kier alpha value is -2.14. The Bertz CT molecular complexity index is 454. The zero-order chi connectivity index (χ0) is 14.3. The Morgan fingerprint density at radius 2 is 1.95 bits per heavy atom. The fraction of sp³-hybridized carbons (Fsp3) is 0.286. The lowest BCUT2D eigenvalue weighted by Gasteiger charge is -2.22. The number of aliphatic hydroxyl groups is 1. The average molecular weight is 264 g/mol. The topological polar surface area (TPSA) is 83.8 Å². The third kappa shape index (κ3) is 4.56. The predicted octanol–water partition coefficient (Wildman–Crippen LogP) is 1.51. The maximum Gasteiger partial charge on any atom is 0.339 e. The summed E-state index contributed by atoms with van der Waals surface area (Å²) < 4.78 is 4.95. The van der Waals surface area contributed by atoms with Crippen LogP contribution in [0, 0.1) is 0 Å².